The van der Waals surface area contributed by atoms with Gasteiger partial charge >= 0.3 is 0 Å². The first-order valence-corrected chi connectivity index (χ1v) is 15.3. The van der Waals surface area contributed by atoms with Gasteiger partial charge in [0.2, 0.25) is 0 Å². The second-order valence-corrected chi connectivity index (χ2v) is 12.2. The molecule has 0 saturated carbocycles. The summed E-state index contributed by atoms with van der Waals surface area (Å²) in [6, 6.07) is 44.5. The summed E-state index contributed by atoms with van der Waals surface area (Å²) in [5.74, 6) is 0.975. The molecule has 0 atom stereocenters. The van der Waals surface area contributed by atoms with Crippen LogP contribution in [0, 0.1) is 13.8 Å². The van der Waals surface area contributed by atoms with Gasteiger partial charge in [-0.1, -0.05) is 93.4 Å². The third kappa shape index (κ3) is 5.81. The van der Waals surface area contributed by atoms with Gasteiger partial charge in [-0.3, -0.25) is 4.68 Å². The molecule has 6 rings (SSSR count). The third-order valence-corrected chi connectivity index (χ3v) is 8.32. The van der Waals surface area contributed by atoms with E-state index in [1.54, 1.807) is 0 Å². The Morgan fingerprint density at radius 3 is 1.37 bits per heavy atom. The third-order valence-electron chi connectivity index (χ3n) is 8.32. The number of nitrogens with zero attached hydrogens (tertiary/aromatic N) is 3. The topological polar surface area (TPSA) is 11.4 Å². The number of hydrogen-bond acceptors (Lipinski definition) is 2. The van der Waals surface area contributed by atoms with E-state index in [0.717, 1.165) is 34.0 Å². The summed E-state index contributed by atoms with van der Waals surface area (Å²) in [7, 11) is 0. The number of anilines is 5. The van der Waals surface area contributed by atoms with E-state index in [1.807, 2.05) is 0 Å². The molecule has 1 heterocycles. The van der Waals surface area contributed by atoms with Crippen LogP contribution in [-0.2, 0) is 0 Å². The van der Waals surface area contributed by atoms with Gasteiger partial charge in [0.1, 0.15) is 0 Å². The van der Waals surface area contributed by atoms with E-state index in [9.17, 15) is 0 Å². The van der Waals surface area contributed by atoms with Crippen molar-refractivity contribution in [2.24, 2.45) is 0 Å². The molecule has 0 aliphatic rings. The van der Waals surface area contributed by atoms with E-state index >= 15 is 0 Å². The zero-order chi connectivity index (χ0) is 30.1. The highest BCUT2D eigenvalue weighted by Crippen LogP contribution is 2.38. The molecule has 0 N–H and O–H groups in total. The second kappa shape index (κ2) is 11.9. The Hall–Kier alpha value is -4.76. The van der Waals surface area contributed by atoms with Gasteiger partial charge in [0.25, 0.3) is 0 Å². The molecule has 1 aromatic heterocycles. The molecule has 3 nitrogen and oxygen atoms in total. The van der Waals surface area contributed by atoms with Gasteiger partial charge in [0.05, 0.1) is 16.9 Å². The lowest BCUT2D eigenvalue weighted by molar-refractivity contribution is 0.845. The molecule has 0 amide bonds. The Labute approximate surface area is 256 Å². The molecule has 3 heteroatoms. The Bertz CT molecular complexity index is 1810. The molecule has 0 bridgehead atoms. The summed E-state index contributed by atoms with van der Waals surface area (Å²) in [5.41, 5.74) is 12.0. The van der Waals surface area contributed by atoms with E-state index in [-0.39, 0.29) is 0 Å². The molecule has 0 unspecified atom stereocenters. The monoisotopic (exact) mass is 563 g/mol. The lowest BCUT2D eigenvalue weighted by Crippen LogP contribution is -2.23. The van der Waals surface area contributed by atoms with Crippen LogP contribution < -0.4 is 9.91 Å². The highest BCUT2D eigenvalue weighted by atomic mass is 15.5. The van der Waals surface area contributed by atoms with E-state index in [4.69, 9.17) is 0 Å². The van der Waals surface area contributed by atoms with Crippen molar-refractivity contribution in [1.29, 1.82) is 0 Å². The maximum atomic E-state index is 2.36. The number of rotatable bonds is 8. The van der Waals surface area contributed by atoms with Crippen LogP contribution in [0.2, 0.25) is 0 Å². The molecule has 0 radical (unpaired) electrons. The Kier molecular flexibility index (Phi) is 7.82. The molecule has 0 saturated heterocycles. The van der Waals surface area contributed by atoms with Crippen LogP contribution in [0.4, 0.5) is 28.4 Å². The summed E-state index contributed by atoms with van der Waals surface area (Å²) in [6.45, 7) is 13.2. The van der Waals surface area contributed by atoms with Crippen molar-refractivity contribution in [3.05, 3.63) is 150 Å². The molecule has 0 aliphatic heterocycles. The molecule has 5 aromatic carbocycles. The Balaban J connectivity index is 1.51. The summed E-state index contributed by atoms with van der Waals surface area (Å²) < 4.78 is 2.28. The molecule has 0 aliphatic carbocycles. The molecule has 6 aromatic rings. The molecule has 0 fully saturated rings. The number of benzene rings is 5. The quantitative estimate of drug-likeness (QED) is 0.182. The lowest BCUT2D eigenvalue weighted by Gasteiger charge is -2.29. The van der Waals surface area contributed by atoms with Crippen LogP contribution >= 0.6 is 0 Å². The second-order valence-electron chi connectivity index (χ2n) is 12.2. The first-order chi connectivity index (χ1) is 20.8. The fourth-order valence-electron chi connectivity index (χ4n) is 5.65. The predicted octanol–water partition coefficient (Wildman–Crippen LogP) is 11.6. The smallest absolute Gasteiger partial charge is 0.0723 e. The summed E-state index contributed by atoms with van der Waals surface area (Å²) >= 11 is 0. The van der Waals surface area contributed by atoms with Crippen molar-refractivity contribution in [2.45, 2.75) is 53.4 Å². The summed E-state index contributed by atoms with van der Waals surface area (Å²) in [5, 5.41) is 3.50. The SMILES string of the molecule is Cc1ccc(N(c2ccc(C(C)C)cc2)c2ccc3ccn(N(c4ccc(C)cc4)c4ccc(C(C)C)cc4)c3c2)cc1. The fraction of sp³-hybridized carbons (Fsp3) is 0.200. The van der Waals surface area contributed by atoms with Crippen LogP contribution in [0.1, 0.15) is 61.8 Å². The first kappa shape index (κ1) is 28.4. The lowest BCUT2D eigenvalue weighted by atomic mass is 10.0. The van der Waals surface area contributed by atoms with Crippen molar-refractivity contribution in [3.63, 3.8) is 0 Å². The van der Waals surface area contributed by atoms with Crippen molar-refractivity contribution >= 4 is 39.3 Å². The van der Waals surface area contributed by atoms with Gasteiger partial charge in [-0.05, 0) is 104 Å². The minimum absolute atomic E-state index is 0.485. The summed E-state index contributed by atoms with van der Waals surface area (Å²) in [4.78, 5) is 2.36. The van der Waals surface area contributed by atoms with Crippen molar-refractivity contribution in [3.8, 4) is 0 Å². The fourth-order valence-corrected chi connectivity index (χ4v) is 5.65. The number of hydrogen-bond donors (Lipinski definition) is 0. The molecule has 0 spiro atoms. The zero-order valence-corrected chi connectivity index (χ0v) is 26.1. The number of aromatic nitrogens is 1. The van der Waals surface area contributed by atoms with Crippen LogP contribution in [0.25, 0.3) is 10.9 Å². The normalized spacial score (nSPS) is 11.4. The minimum Gasteiger partial charge on any atom is -0.310 e. The van der Waals surface area contributed by atoms with E-state index in [1.165, 1.54) is 27.6 Å². The molecule has 216 valence electrons. The van der Waals surface area contributed by atoms with Crippen molar-refractivity contribution in [2.75, 3.05) is 9.91 Å². The van der Waals surface area contributed by atoms with E-state index in [0.29, 0.717) is 11.8 Å². The summed E-state index contributed by atoms with van der Waals surface area (Å²) in [6.07, 6.45) is 2.18. The van der Waals surface area contributed by atoms with Crippen LogP contribution in [0.15, 0.2) is 128 Å². The maximum absolute atomic E-state index is 2.36. The van der Waals surface area contributed by atoms with E-state index < -0.39 is 0 Å². The van der Waals surface area contributed by atoms with Gasteiger partial charge in [-0.25, -0.2) is 5.01 Å². The average molecular weight is 564 g/mol. The molecule has 43 heavy (non-hydrogen) atoms. The van der Waals surface area contributed by atoms with Crippen molar-refractivity contribution < 1.29 is 0 Å². The zero-order valence-electron chi connectivity index (χ0n) is 26.1. The molecular weight excluding hydrogens is 522 g/mol. The minimum atomic E-state index is 0.485. The van der Waals surface area contributed by atoms with Crippen LogP contribution in [-0.4, -0.2) is 4.68 Å². The van der Waals surface area contributed by atoms with Crippen LogP contribution in [0.3, 0.4) is 0 Å². The van der Waals surface area contributed by atoms with Gasteiger partial charge in [-0.2, -0.15) is 0 Å². The van der Waals surface area contributed by atoms with Crippen molar-refractivity contribution in [1.82, 2.24) is 4.68 Å². The van der Waals surface area contributed by atoms with Gasteiger partial charge < -0.3 is 4.90 Å². The first-order valence-electron chi connectivity index (χ1n) is 15.3. The average Bonchev–Trinajstić information content (AvgIpc) is 3.43. The van der Waals surface area contributed by atoms with E-state index in [2.05, 4.69) is 184 Å². The van der Waals surface area contributed by atoms with Gasteiger partial charge in [-0.15, -0.1) is 0 Å². The van der Waals surface area contributed by atoms with Gasteiger partial charge in [0.15, 0.2) is 0 Å². The Morgan fingerprint density at radius 1 is 0.465 bits per heavy atom. The maximum Gasteiger partial charge on any atom is 0.0723 e. The predicted molar refractivity (Wildman–Crippen MR) is 185 cm³/mol. The number of aryl methyl sites for hydroxylation is 2. The Morgan fingerprint density at radius 2 is 0.884 bits per heavy atom. The molecular formula is C40H41N3. The highest BCUT2D eigenvalue weighted by Gasteiger charge is 2.18. The van der Waals surface area contributed by atoms with Crippen LogP contribution in [0.5, 0.6) is 0 Å². The number of fused-ring (bicyclic) bond motifs is 1. The highest BCUT2D eigenvalue weighted by molar-refractivity contribution is 5.89. The standard InChI is InChI=1S/C40H41N3/c1-28(2)32-11-20-36(21-12-32)42(35-16-7-30(5)8-17-35)39-24-15-34-25-26-41(40(34)27-39)43(37-18-9-31(6)10-19-37)38-22-13-33(14-23-38)29(3)4/h7-29H,1-6H3. The largest absolute Gasteiger partial charge is 0.310 e. The van der Waals surface area contributed by atoms with Gasteiger partial charge in [0, 0.05) is 28.6 Å².